The van der Waals surface area contributed by atoms with Crippen LogP contribution in [0.1, 0.15) is 18.7 Å². The van der Waals surface area contributed by atoms with Crippen molar-refractivity contribution in [2.24, 2.45) is 5.92 Å². The quantitative estimate of drug-likeness (QED) is 0.892. The van der Waals surface area contributed by atoms with Crippen LogP contribution >= 0.6 is 0 Å². The van der Waals surface area contributed by atoms with Crippen molar-refractivity contribution in [3.63, 3.8) is 0 Å². The SMILES string of the molecule is c1ccc(-n2cnnc2CC2CCNCC2)cc1. The van der Waals surface area contributed by atoms with E-state index in [0.29, 0.717) is 0 Å². The molecule has 1 N–H and O–H groups in total. The van der Waals surface area contributed by atoms with Crippen LogP contribution in [-0.2, 0) is 6.42 Å². The van der Waals surface area contributed by atoms with Crippen molar-refractivity contribution < 1.29 is 0 Å². The van der Waals surface area contributed by atoms with Crippen LogP contribution in [0, 0.1) is 5.92 Å². The lowest BCUT2D eigenvalue weighted by molar-refractivity contribution is 0.365. The van der Waals surface area contributed by atoms with Crippen LogP contribution in [0.3, 0.4) is 0 Å². The van der Waals surface area contributed by atoms with E-state index >= 15 is 0 Å². The maximum Gasteiger partial charge on any atom is 0.137 e. The van der Waals surface area contributed by atoms with Crippen molar-refractivity contribution in [3.05, 3.63) is 42.5 Å². The summed E-state index contributed by atoms with van der Waals surface area (Å²) in [4.78, 5) is 0. The maximum atomic E-state index is 4.28. The summed E-state index contributed by atoms with van der Waals surface area (Å²) in [6.45, 7) is 2.26. The van der Waals surface area contributed by atoms with E-state index in [1.165, 1.54) is 12.8 Å². The van der Waals surface area contributed by atoms with Crippen LogP contribution in [-0.4, -0.2) is 27.9 Å². The van der Waals surface area contributed by atoms with E-state index in [4.69, 9.17) is 0 Å². The topological polar surface area (TPSA) is 42.7 Å². The van der Waals surface area contributed by atoms with Gasteiger partial charge in [0, 0.05) is 12.1 Å². The van der Waals surface area contributed by atoms with E-state index in [1.54, 1.807) is 0 Å². The second-order valence-corrected chi connectivity index (χ2v) is 4.85. The summed E-state index contributed by atoms with van der Waals surface area (Å²) in [7, 11) is 0. The van der Waals surface area contributed by atoms with Crippen molar-refractivity contribution in [1.82, 2.24) is 20.1 Å². The second-order valence-electron chi connectivity index (χ2n) is 4.85. The van der Waals surface area contributed by atoms with Gasteiger partial charge in [-0.05, 0) is 44.0 Å². The zero-order chi connectivity index (χ0) is 12.2. The molecule has 2 heterocycles. The van der Waals surface area contributed by atoms with Crippen LogP contribution in [0.5, 0.6) is 0 Å². The number of rotatable bonds is 3. The predicted octanol–water partition coefficient (Wildman–Crippen LogP) is 1.81. The fourth-order valence-electron chi connectivity index (χ4n) is 2.55. The summed E-state index contributed by atoms with van der Waals surface area (Å²) in [5.74, 6) is 1.81. The first-order valence-corrected chi connectivity index (χ1v) is 6.58. The number of nitrogens with one attached hydrogen (secondary N) is 1. The highest BCUT2D eigenvalue weighted by molar-refractivity contribution is 5.32. The number of para-hydroxylation sites is 1. The maximum absolute atomic E-state index is 4.28. The number of benzene rings is 1. The molecule has 0 radical (unpaired) electrons. The molecule has 94 valence electrons. The second kappa shape index (κ2) is 5.31. The van der Waals surface area contributed by atoms with Crippen LogP contribution in [0.15, 0.2) is 36.7 Å². The van der Waals surface area contributed by atoms with Crippen LogP contribution < -0.4 is 5.32 Å². The average molecular weight is 242 g/mol. The lowest BCUT2D eigenvalue weighted by atomic mass is 9.94. The lowest BCUT2D eigenvalue weighted by Gasteiger charge is -2.22. The van der Waals surface area contributed by atoms with Gasteiger partial charge in [0.1, 0.15) is 12.2 Å². The van der Waals surface area contributed by atoms with Gasteiger partial charge in [0.05, 0.1) is 0 Å². The normalized spacial score (nSPS) is 16.9. The highest BCUT2D eigenvalue weighted by atomic mass is 15.3. The first-order valence-electron chi connectivity index (χ1n) is 6.58. The molecule has 0 spiro atoms. The Labute approximate surface area is 107 Å². The van der Waals surface area contributed by atoms with Gasteiger partial charge in [0.2, 0.25) is 0 Å². The highest BCUT2D eigenvalue weighted by Crippen LogP contribution is 2.18. The highest BCUT2D eigenvalue weighted by Gasteiger charge is 2.17. The molecule has 0 saturated carbocycles. The van der Waals surface area contributed by atoms with Gasteiger partial charge in [-0.15, -0.1) is 10.2 Å². The zero-order valence-corrected chi connectivity index (χ0v) is 10.4. The third kappa shape index (κ3) is 2.43. The van der Waals surface area contributed by atoms with Gasteiger partial charge in [-0.3, -0.25) is 4.57 Å². The van der Waals surface area contributed by atoms with Gasteiger partial charge in [-0.2, -0.15) is 0 Å². The van der Waals surface area contributed by atoms with E-state index < -0.39 is 0 Å². The Hall–Kier alpha value is -1.68. The minimum Gasteiger partial charge on any atom is -0.317 e. The van der Waals surface area contributed by atoms with Crippen LogP contribution in [0.25, 0.3) is 5.69 Å². The number of nitrogens with zero attached hydrogens (tertiary/aromatic N) is 3. The van der Waals surface area contributed by atoms with Gasteiger partial charge in [-0.25, -0.2) is 0 Å². The summed E-state index contributed by atoms with van der Waals surface area (Å²) in [6.07, 6.45) is 5.31. The van der Waals surface area contributed by atoms with Crippen molar-refractivity contribution in [2.75, 3.05) is 13.1 Å². The first-order chi connectivity index (χ1) is 8.93. The summed E-state index contributed by atoms with van der Waals surface area (Å²) in [5.41, 5.74) is 1.14. The molecule has 1 fully saturated rings. The summed E-state index contributed by atoms with van der Waals surface area (Å²) < 4.78 is 2.10. The molecule has 0 unspecified atom stereocenters. The third-order valence-corrected chi connectivity index (χ3v) is 3.58. The minimum absolute atomic E-state index is 0.734. The standard InChI is InChI=1S/C14H18N4/c1-2-4-13(5-3-1)18-11-16-17-14(18)10-12-6-8-15-9-7-12/h1-5,11-12,15H,6-10H2. The zero-order valence-electron chi connectivity index (χ0n) is 10.4. The van der Waals surface area contributed by atoms with Crippen LogP contribution in [0.4, 0.5) is 0 Å². The number of hydrogen-bond donors (Lipinski definition) is 1. The molecule has 1 aromatic carbocycles. The van der Waals surface area contributed by atoms with E-state index in [0.717, 1.165) is 36.9 Å². The lowest BCUT2D eigenvalue weighted by Crippen LogP contribution is -2.29. The number of piperidine rings is 1. The van der Waals surface area contributed by atoms with E-state index in [1.807, 2.05) is 24.5 Å². The molecular weight excluding hydrogens is 224 g/mol. The van der Waals surface area contributed by atoms with Gasteiger partial charge < -0.3 is 5.32 Å². The summed E-state index contributed by atoms with van der Waals surface area (Å²) in [6, 6.07) is 10.3. The molecule has 2 aromatic rings. The smallest absolute Gasteiger partial charge is 0.137 e. The molecule has 0 amide bonds. The molecule has 18 heavy (non-hydrogen) atoms. The fourth-order valence-corrected chi connectivity index (χ4v) is 2.55. The van der Waals surface area contributed by atoms with Crippen molar-refractivity contribution in [1.29, 1.82) is 0 Å². The van der Waals surface area contributed by atoms with Gasteiger partial charge >= 0.3 is 0 Å². The van der Waals surface area contributed by atoms with Crippen molar-refractivity contribution >= 4 is 0 Å². The average Bonchev–Trinajstić information content (AvgIpc) is 2.89. The van der Waals surface area contributed by atoms with Gasteiger partial charge in [-0.1, -0.05) is 18.2 Å². The van der Waals surface area contributed by atoms with Crippen LogP contribution in [0.2, 0.25) is 0 Å². The molecule has 1 saturated heterocycles. The monoisotopic (exact) mass is 242 g/mol. The fraction of sp³-hybridized carbons (Fsp3) is 0.429. The number of aromatic nitrogens is 3. The Kier molecular flexibility index (Phi) is 3.37. The van der Waals surface area contributed by atoms with Gasteiger partial charge in [0.25, 0.3) is 0 Å². The molecule has 1 aromatic heterocycles. The third-order valence-electron chi connectivity index (χ3n) is 3.58. The summed E-state index contributed by atoms with van der Waals surface area (Å²) in [5, 5.41) is 11.7. The Morgan fingerprint density at radius 2 is 1.94 bits per heavy atom. The molecule has 4 heteroatoms. The van der Waals surface area contributed by atoms with Gasteiger partial charge in [0.15, 0.2) is 0 Å². The molecule has 0 bridgehead atoms. The Morgan fingerprint density at radius 1 is 1.17 bits per heavy atom. The van der Waals surface area contributed by atoms with E-state index in [-0.39, 0.29) is 0 Å². The number of hydrogen-bond acceptors (Lipinski definition) is 3. The van der Waals surface area contributed by atoms with E-state index in [2.05, 4.69) is 32.2 Å². The molecule has 0 aliphatic carbocycles. The predicted molar refractivity (Wildman–Crippen MR) is 70.7 cm³/mol. The summed E-state index contributed by atoms with van der Waals surface area (Å²) >= 11 is 0. The van der Waals surface area contributed by atoms with Crippen molar-refractivity contribution in [2.45, 2.75) is 19.3 Å². The molecular formula is C14H18N4. The Morgan fingerprint density at radius 3 is 2.72 bits per heavy atom. The molecule has 4 nitrogen and oxygen atoms in total. The minimum atomic E-state index is 0.734. The largest absolute Gasteiger partial charge is 0.317 e. The first kappa shape index (κ1) is 11.4. The van der Waals surface area contributed by atoms with Crippen molar-refractivity contribution in [3.8, 4) is 5.69 Å². The molecule has 1 aliphatic heterocycles. The molecule has 3 rings (SSSR count). The van der Waals surface area contributed by atoms with E-state index in [9.17, 15) is 0 Å². The Balaban J connectivity index is 1.79. The molecule has 0 atom stereocenters. The molecule has 1 aliphatic rings. The Bertz CT molecular complexity index is 486.